The Morgan fingerprint density at radius 3 is 2.58 bits per heavy atom. The fraction of sp³-hybridized carbons (Fsp3) is 0.258. The molecule has 12 heteroatoms. The van der Waals surface area contributed by atoms with Gasteiger partial charge in [0.1, 0.15) is 12.6 Å². The zero-order valence-electron chi connectivity index (χ0n) is 23.9. The van der Waals surface area contributed by atoms with Gasteiger partial charge in [0.2, 0.25) is 11.1 Å². The standard InChI is InChI=1S/C31H29Br2ClN4O4S/c1-17(2)42-29(39)26-18(3)35-30-36-31(43-16-20-7-5-6-8-24(20)34)37-38(30)27(26)21-13-23(33)28(25(14-21)40-4)41-15-19-9-11-22(32)12-10-19/h5-14,17,27H,15-16H2,1-4H3,(H,35,36,37). The van der Waals surface area contributed by atoms with Crippen molar-refractivity contribution in [1.29, 1.82) is 0 Å². The summed E-state index contributed by atoms with van der Waals surface area (Å²) in [5.41, 5.74) is 3.78. The molecule has 8 nitrogen and oxygen atoms in total. The molecule has 3 aromatic carbocycles. The van der Waals surface area contributed by atoms with Gasteiger partial charge >= 0.3 is 5.97 Å². The van der Waals surface area contributed by atoms with Crippen molar-refractivity contribution in [2.45, 2.75) is 50.4 Å². The minimum atomic E-state index is -0.643. The molecule has 224 valence electrons. The monoisotopic (exact) mass is 746 g/mol. The summed E-state index contributed by atoms with van der Waals surface area (Å²) in [6, 6.07) is 18.7. The third-order valence-electron chi connectivity index (χ3n) is 6.57. The highest BCUT2D eigenvalue weighted by Gasteiger charge is 2.36. The van der Waals surface area contributed by atoms with E-state index >= 15 is 0 Å². The van der Waals surface area contributed by atoms with E-state index < -0.39 is 12.0 Å². The molecule has 0 amide bonds. The lowest BCUT2D eigenvalue weighted by atomic mass is 9.95. The smallest absolute Gasteiger partial charge is 0.338 e. The van der Waals surface area contributed by atoms with E-state index in [0.29, 0.717) is 55.7 Å². The summed E-state index contributed by atoms with van der Waals surface area (Å²) < 4.78 is 21.0. The van der Waals surface area contributed by atoms with E-state index in [1.54, 1.807) is 11.8 Å². The van der Waals surface area contributed by atoms with E-state index in [0.717, 1.165) is 21.2 Å². The number of benzene rings is 3. The predicted molar refractivity (Wildman–Crippen MR) is 176 cm³/mol. The van der Waals surface area contributed by atoms with Crippen molar-refractivity contribution >= 4 is 67.1 Å². The van der Waals surface area contributed by atoms with Gasteiger partial charge in [-0.15, -0.1) is 5.10 Å². The Balaban J connectivity index is 1.51. The topological polar surface area (TPSA) is 87.5 Å². The summed E-state index contributed by atoms with van der Waals surface area (Å²) in [5.74, 6) is 1.71. The molecular weight excluding hydrogens is 720 g/mol. The van der Waals surface area contributed by atoms with Crippen LogP contribution in [0.3, 0.4) is 0 Å². The number of rotatable bonds is 10. The van der Waals surface area contributed by atoms with Crippen LogP contribution in [-0.4, -0.2) is 33.9 Å². The SMILES string of the molecule is COc1cc(C2C(C(=O)OC(C)C)=C(C)Nc3nc(SCc4ccccc4Cl)nn32)cc(Br)c1OCc1ccc(Br)cc1. The van der Waals surface area contributed by atoms with Gasteiger partial charge < -0.3 is 19.5 Å². The number of nitrogens with zero attached hydrogens (tertiary/aromatic N) is 3. The molecule has 1 aliphatic rings. The lowest BCUT2D eigenvalue weighted by molar-refractivity contribution is -0.143. The minimum absolute atomic E-state index is 0.303. The Hall–Kier alpha value is -2.99. The molecule has 5 rings (SSSR count). The van der Waals surface area contributed by atoms with Crippen LogP contribution in [-0.2, 0) is 21.9 Å². The first-order valence-electron chi connectivity index (χ1n) is 13.4. The molecule has 1 aromatic heterocycles. The molecule has 1 atom stereocenters. The molecule has 2 heterocycles. The summed E-state index contributed by atoms with van der Waals surface area (Å²) >= 11 is 15.0. The summed E-state index contributed by atoms with van der Waals surface area (Å²) in [6.45, 7) is 5.82. The number of aromatic nitrogens is 3. The number of ether oxygens (including phenoxy) is 3. The number of hydrogen-bond acceptors (Lipinski definition) is 8. The molecule has 0 saturated heterocycles. The Labute approximate surface area is 276 Å². The first-order valence-corrected chi connectivity index (χ1v) is 16.4. The molecule has 0 aliphatic carbocycles. The van der Waals surface area contributed by atoms with E-state index in [2.05, 4.69) is 37.2 Å². The molecule has 1 N–H and O–H groups in total. The zero-order chi connectivity index (χ0) is 30.7. The second-order valence-corrected chi connectivity index (χ2v) is 13.1. The molecule has 0 bridgehead atoms. The van der Waals surface area contributed by atoms with Crippen LogP contribution >= 0.6 is 55.2 Å². The second-order valence-electron chi connectivity index (χ2n) is 10.0. The van der Waals surface area contributed by atoms with Crippen molar-refractivity contribution in [1.82, 2.24) is 14.8 Å². The van der Waals surface area contributed by atoms with E-state index in [9.17, 15) is 4.79 Å². The van der Waals surface area contributed by atoms with Crippen molar-refractivity contribution in [3.8, 4) is 11.5 Å². The molecule has 0 fully saturated rings. The maximum atomic E-state index is 13.5. The number of esters is 1. The van der Waals surface area contributed by atoms with Gasteiger partial charge in [0.25, 0.3) is 0 Å². The Kier molecular flexibility index (Phi) is 10.1. The van der Waals surface area contributed by atoms with Crippen molar-refractivity contribution in [3.05, 3.63) is 103 Å². The van der Waals surface area contributed by atoms with Crippen molar-refractivity contribution in [2.75, 3.05) is 12.4 Å². The van der Waals surface area contributed by atoms with Gasteiger partial charge in [-0.25, -0.2) is 9.48 Å². The second kappa shape index (κ2) is 13.8. The number of carbonyl (C=O) groups excluding carboxylic acids is 1. The summed E-state index contributed by atoms with van der Waals surface area (Å²) in [4.78, 5) is 18.2. The third-order valence-corrected chi connectivity index (χ3v) is 8.95. The van der Waals surface area contributed by atoms with E-state index in [1.165, 1.54) is 11.8 Å². The first-order chi connectivity index (χ1) is 20.6. The Morgan fingerprint density at radius 2 is 1.88 bits per heavy atom. The van der Waals surface area contributed by atoms with E-state index in [1.807, 2.05) is 81.4 Å². The van der Waals surface area contributed by atoms with Gasteiger partial charge in [0.15, 0.2) is 11.5 Å². The minimum Gasteiger partial charge on any atom is -0.493 e. The predicted octanol–water partition coefficient (Wildman–Crippen LogP) is 8.58. The number of methoxy groups -OCH3 is 1. The number of allylic oxidation sites excluding steroid dienone is 1. The number of fused-ring (bicyclic) bond motifs is 1. The molecule has 4 aromatic rings. The van der Waals surface area contributed by atoms with Gasteiger partial charge in [-0.05, 0) is 83.7 Å². The van der Waals surface area contributed by atoms with Crippen LogP contribution in [0.4, 0.5) is 5.95 Å². The van der Waals surface area contributed by atoms with Crippen molar-refractivity contribution < 1.29 is 19.0 Å². The summed E-state index contributed by atoms with van der Waals surface area (Å²) in [6.07, 6.45) is -0.303. The Morgan fingerprint density at radius 1 is 1.14 bits per heavy atom. The number of anilines is 1. The quantitative estimate of drug-likeness (QED) is 0.128. The largest absolute Gasteiger partial charge is 0.493 e. The number of halogens is 3. The normalized spacial score (nSPS) is 14.4. The van der Waals surface area contributed by atoms with E-state index in [4.69, 9.17) is 35.9 Å². The molecule has 0 spiro atoms. The van der Waals surface area contributed by atoms with Crippen LogP contribution < -0.4 is 14.8 Å². The molecule has 1 aliphatic heterocycles. The van der Waals surface area contributed by atoms with Gasteiger partial charge in [0.05, 0.1) is 23.3 Å². The van der Waals surface area contributed by atoms with Crippen LogP contribution in [0.25, 0.3) is 0 Å². The summed E-state index contributed by atoms with van der Waals surface area (Å²) in [5, 5.41) is 9.30. The highest BCUT2D eigenvalue weighted by Crippen LogP contribution is 2.44. The van der Waals surface area contributed by atoms with Crippen LogP contribution in [0.1, 0.15) is 43.5 Å². The van der Waals surface area contributed by atoms with Crippen LogP contribution in [0.15, 0.2) is 86.0 Å². The van der Waals surface area contributed by atoms with Crippen LogP contribution in [0.2, 0.25) is 5.02 Å². The van der Waals surface area contributed by atoms with E-state index in [-0.39, 0.29) is 6.10 Å². The third kappa shape index (κ3) is 7.22. The number of carbonyl (C=O) groups is 1. The fourth-order valence-corrected chi connectivity index (χ4v) is 6.53. The van der Waals surface area contributed by atoms with Crippen LogP contribution in [0, 0.1) is 0 Å². The van der Waals surface area contributed by atoms with Gasteiger partial charge in [-0.1, -0.05) is 69.6 Å². The molecule has 0 radical (unpaired) electrons. The number of hydrogen-bond donors (Lipinski definition) is 1. The summed E-state index contributed by atoms with van der Waals surface area (Å²) in [7, 11) is 1.58. The molecule has 1 unspecified atom stereocenters. The van der Waals surface area contributed by atoms with Gasteiger partial charge in [0, 0.05) is 20.9 Å². The highest BCUT2D eigenvalue weighted by molar-refractivity contribution is 9.10. The van der Waals surface area contributed by atoms with Crippen molar-refractivity contribution in [3.63, 3.8) is 0 Å². The van der Waals surface area contributed by atoms with Gasteiger partial charge in [-0.3, -0.25) is 0 Å². The average Bonchev–Trinajstić information content (AvgIpc) is 3.37. The lowest BCUT2D eigenvalue weighted by Crippen LogP contribution is -2.30. The Bertz CT molecular complexity index is 1680. The lowest BCUT2D eigenvalue weighted by Gasteiger charge is -2.29. The zero-order valence-corrected chi connectivity index (χ0v) is 28.6. The maximum absolute atomic E-state index is 13.5. The average molecular weight is 749 g/mol. The molecular formula is C31H29Br2ClN4O4S. The molecule has 43 heavy (non-hydrogen) atoms. The highest BCUT2D eigenvalue weighted by atomic mass is 79.9. The van der Waals surface area contributed by atoms with Gasteiger partial charge in [-0.2, -0.15) is 4.98 Å². The molecule has 0 saturated carbocycles. The van der Waals surface area contributed by atoms with Crippen molar-refractivity contribution in [2.24, 2.45) is 0 Å². The number of nitrogens with one attached hydrogen (secondary N) is 1. The first kappa shape index (κ1) is 31.4. The number of thioether (sulfide) groups is 1. The maximum Gasteiger partial charge on any atom is 0.338 e. The fourth-order valence-electron chi connectivity index (χ4n) is 4.57. The van der Waals surface area contributed by atoms with Crippen LogP contribution in [0.5, 0.6) is 11.5 Å².